The van der Waals surface area contributed by atoms with Gasteiger partial charge in [0.2, 0.25) is 5.91 Å². The minimum Gasteiger partial charge on any atom is -0.341 e. The maximum atomic E-state index is 12.5. The third-order valence-electron chi connectivity index (χ3n) is 5.26. The number of hydrogen-bond donors (Lipinski definition) is 1. The summed E-state index contributed by atoms with van der Waals surface area (Å²) in [5.41, 5.74) is 1.36. The standard InChI is InChI=1S/C19H29N3O.2ClH/c1-16-9-11-21(19(23)14-18-8-5-10-20-18)12-13-22(16)15-17-6-3-2-4-7-17;;/h2-4,6-7,16,18,20H,5,8-15H2,1H3;2*1H. The number of nitrogens with one attached hydrogen (secondary N) is 1. The molecule has 1 aromatic rings. The highest BCUT2D eigenvalue weighted by Crippen LogP contribution is 2.17. The maximum Gasteiger partial charge on any atom is 0.224 e. The van der Waals surface area contributed by atoms with Crippen molar-refractivity contribution in [2.24, 2.45) is 0 Å². The molecular formula is C19H31Cl2N3O. The van der Waals surface area contributed by atoms with Crippen LogP contribution in [0.3, 0.4) is 0 Å². The van der Waals surface area contributed by atoms with Gasteiger partial charge >= 0.3 is 0 Å². The lowest BCUT2D eigenvalue weighted by atomic mass is 10.1. The van der Waals surface area contributed by atoms with E-state index in [1.165, 1.54) is 12.0 Å². The summed E-state index contributed by atoms with van der Waals surface area (Å²) in [7, 11) is 0. The van der Waals surface area contributed by atoms with E-state index in [0.717, 1.165) is 45.6 Å². The lowest BCUT2D eigenvalue weighted by molar-refractivity contribution is -0.131. The van der Waals surface area contributed by atoms with E-state index in [1.54, 1.807) is 0 Å². The van der Waals surface area contributed by atoms with Gasteiger partial charge in [-0.1, -0.05) is 30.3 Å². The van der Waals surface area contributed by atoms with Gasteiger partial charge in [-0.25, -0.2) is 0 Å². The Hall–Kier alpha value is -0.810. The molecule has 2 aliphatic heterocycles. The van der Waals surface area contributed by atoms with Gasteiger partial charge in [-0.05, 0) is 38.3 Å². The van der Waals surface area contributed by atoms with Crippen molar-refractivity contribution in [3.63, 3.8) is 0 Å². The van der Waals surface area contributed by atoms with Crippen LogP contribution >= 0.6 is 24.8 Å². The van der Waals surface area contributed by atoms with Crippen LogP contribution in [0.25, 0.3) is 0 Å². The molecule has 0 radical (unpaired) electrons. The molecule has 25 heavy (non-hydrogen) atoms. The molecule has 2 aliphatic rings. The highest BCUT2D eigenvalue weighted by atomic mass is 35.5. The summed E-state index contributed by atoms with van der Waals surface area (Å²) in [5.74, 6) is 0.332. The fourth-order valence-electron chi connectivity index (χ4n) is 3.68. The SMILES string of the molecule is CC1CCN(C(=O)CC2CCCN2)CCN1Cc1ccccc1.Cl.Cl. The summed E-state index contributed by atoms with van der Waals surface area (Å²) >= 11 is 0. The largest absolute Gasteiger partial charge is 0.341 e. The molecule has 2 fully saturated rings. The van der Waals surface area contributed by atoms with Crippen molar-refractivity contribution in [1.29, 1.82) is 0 Å². The van der Waals surface area contributed by atoms with Crippen molar-refractivity contribution in [3.05, 3.63) is 35.9 Å². The highest BCUT2D eigenvalue weighted by Gasteiger charge is 2.26. The Bertz CT molecular complexity index is 509. The topological polar surface area (TPSA) is 35.6 Å². The number of halogens is 2. The smallest absolute Gasteiger partial charge is 0.224 e. The highest BCUT2D eigenvalue weighted by molar-refractivity contribution is 5.85. The molecule has 2 unspecified atom stereocenters. The van der Waals surface area contributed by atoms with E-state index >= 15 is 0 Å². The molecule has 2 heterocycles. The van der Waals surface area contributed by atoms with Crippen LogP contribution in [0.15, 0.2) is 30.3 Å². The summed E-state index contributed by atoms with van der Waals surface area (Å²) in [4.78, 5) is 17.1. The minimum atomic E-state index is 0. The molecule has 1 amide bonds. The minimum absolute atomic E-state index is 0. The van der Waals surface area contributed by atoms with E-state index in [2.05, 4.69) is 52.4 Å². The number of benzene rings is 1. The van der Waals surface area contributed by atoms with Crippen LogP contribution in [0.1, 0.15) is 38.2 Å². The molecule has 0 aliphatic carbocycles. The van der Waals surface area contributed by atoms with Crippen LogP contribution in [0.4, 0.5) is 0 Å². The summed E-state index contributed by atoms with van der Waals surface area (Å²) < 4.78 is 0. The van der Waals surface area contributed by atoms with Crippen molar-refractivity contribution in [1.82, 2.24) is 15.1 Å². The van der Waals surface area contributed by atoms with E-state index in [0.29, 0.717) is 24.4 Å². The van der Waals surface area contributed by atoms with Gasteiger partial charge in [0.05, 0.1) is 0 Å². The second-order valence-corrected chi connectivity index (χ2v) is 6.97. The Morgan fingerprint density at radius 3 is 2.56 bits per heavy atom. The first-order valence-electron chi connectivity index (χ1n) is 9.01. The molecule has 1 N–H and O–H groups in total. The first-order chi connectivity index (χ1) is 11.2. The van der Waals surface area contributed by atoms with E-state index in [9.17, 15) is 4.79 Å². The van der Waals surface area contributed by atoms with E-state index in [1.807, 2.05) is 0 Å². The zero-order valence-electron chi connectivity index (χ0n) is 15.0. The third-order valence-corrected chi connectivity index (χ3v) is 5.26. The Balaban J connectivity index is 0.00000156. The lowest BCUT2D eigenvalue weighted by Crippen LogP contribution is -2.38. The van der Waals surface area contributed by atoms with Crippen molar-refractivity contribution < 1.29 is 4.79 Å². The van der Waals surface area contributed by atoms with Crippen molar-refractivity contribution in [2.45, 2.75) is 51.2 Å². The summed E-state index contributed by atoms with van der Waals surface area (Å²) in [6.45, 7) is 7.07. The molecule has 0 aromatic heterocycles. The second kappa shape index (κ2) is 11.0. The Kier molecular flexibility index (Phi) is 9.80. The van der Waals surface area contributed by atoms with Gasteiger partial charge in [-0.3, -0.25) is 9.69 Å². The van der Waals surface area contributed by atoms with Crippen LogP contribution in [0.2, 0.25) is 0 Å². The van der Waals surface area contributed by atoms with Gasteiger partial charge in [-0.15, -0.1) is 24.8 Å². The molecule has 1 aromatic carbocycles. The molecule has 0 spiro atoms. The number of rotatable bonds is 4. The molecule has 2 saturated heterocycles. The van der Waals surface area contributed by atoms with Gasteiger partial charge in [0.1, 0.15) is 0 Å². The van der Waals surface area contributed by atoms with Crippen LogP contribution in [-0.4, -0.2) is 54.0 Å². The summed E-state index contributed by atoms with van der Waals surface area (Å²) in [5, 5.41) is 3.43. The van der Waals surface area contributed by atoms with Gasteiger partial charge in [0, 0.05) is 44.7 Å². The average molecular weight is 388 g/mol. The molecule has 3 rings (SSSR count). The van der Waals surface area contributed by atoms with Crippen LogP contribution in [0.5, 0.6) is 0 Å². The molecule has 6 heteroatoms. The zero-order chi connectivity index (χ0) is 16.1. The maximum absolute atomic E-state index is 12.5. The molecule has 142 valence electrons. The fourth-order valence-corrected chi connectivity index (χ4v) is 3.68. The first-order valence-corrected chi connectivity index (χ1v) is 9.01. The normalized spacial score (nSPS) is 24.1. The molecule has 0 bridgehead atoms. The van der Waals surface area contributed by atoms with E-state index < -0.39 is 0 Å². The van der Waals surface area contributed by atoms with E-state index in [4.69, 9.17) is 0 Å². The molecule has 4 nitrogen and oxygen atoms in total. The number of hydrogen-bond acceptors (Lipinski definition) is 3. The summed E-state index contributed by atoms with van der Waals surface area (Å²) in [6.07, 6.45) is 4.10. The molecule has 2 atom stereocenters. The third kappa shape index (κ3) is 6.45. The van der Waals surface area contributed by atoms with Crippen molar-refractivity contribution in [3.8, 4) is 0 Å². The lowest BCUT2D eigenvalue weighted by Gasteiger charge is -2.26. The Morgan fingerprint density at radius 2 is 1.88 bits per heavy atom. The predicted octanol–water partition coefficient (Wildman–Crippen LogP) is 3.10. The summed E-state index contributed by atoms with van der Waals surface area (Å²) in [6, 6.07) is 11.6. The fraction of sp³-hybridized carbons (Fsp3) is 0.632. The molecular weight excluding hydrogens is 357 g/mol. The van der Waals surface area contributed by atoms with Crippen LogP contribution in [-0.2, 0) is 11.3 Å². The number of nitrogens with zero attached hydrogens (tertiary/aromatic N) is 2. The van der Waals surface area contributed by atoms with Gasteiger partial charge < -0.3 is 10.2 Å². The Morgan fingerprint density at radius 1 is 1.12 bits per heavy atom. The average Bonchev–Trinajstić information content (AvgIpc) is 3.00. The number of carbonyl (C=O) groups is 1. The van der Waals surface area contributed by atoms with Crippen LogP contribution in [0, 0.1) is 0 Å². The molecule has 0 saturated carbocycles. The number of carbonyl (C=O) groups excluding carboxylic acids is 1. The van der Waals surface area contributed by atoms with Crippen LogP contribution < -0.4 is 5.32 Å². The van der Waals surface area contributed by atoms with Gasteiger partial charge in [0.15, 0.2) is 0 Å². The Labute approximate surface area is 164 Å². The first kappa shape index (κ1) is 22.2. The number of amides is 1. The second-order valence-electron chi connectivity index (χ2n) is 6.97. The predicted molar refractivity (Wildman–Crippen MR) is 108 cm³/mol. The quantitative estimate of drug-likeness (QED) is 0.861. The van der Waals surface area contributed by atoms with Gasteiger partial charge in [-0.2, -0.15) is 0 Å². The monoisotopic (exact) mass is 387 g/mol. The zero-order valence-corrected chi connectivity index (χ0v) is 16.7. The van der Waals surface area contributed by atoms with Crippen molar-refractivity contribution >= 4 is 30.7 Å². The van der Waals surface area contributed by atoms with Crippen molar-refractivity contribution in [2.75, 3.05) is 26.2 Å². The van der Waals surface area contributed by atoms with E-state index in [-0.39, 0.29) is 24.8 Å². The van der Waals surface area contributed by atoms with Gasteiger partial charge in [0.25, 0.3) is 0 Å².